The number of halogens is 1. The predicted molar refractivity (Wildman–Crippen MR) is 73.6 cm³/mol. The van der Waals surface area contributed by atoms with Crippen LogP contribution in [0.2, 0.25) is 0 Å². The third-order valence-corrected chi connectivity index (χ3v) is 4.38. The molecule has 3 aromatic rings. The van der Waals surface area contributed by atoms with Crippen molar-refractivity contribution in [3.63, 3.8) is 0 Å². The van der Waals surface area contributed by atoms with Gasteiger partial charge in [-0.05, 0) is 18.2 Å². The molecule has 19 heavy (non-hydrogen) atoms. The van der Waals surface area contributed by atoms with E-state index < -0.39 is 0 Å². The summed E-state index contributed by atoms with van der Waals surface area (Å²) in [5.41, 5.74) is 1.46. The SMILES string of the molecule is Fc1cccc(-c2nc(CSc3nccs3)co2)c1. The molecule has 1 aromatic carbocycles. The molecule has 0 saturated carbocycles. The molecule has 0 amide bonds. The zero-order chi connectivity index (χ0) is 13.1. The summed E-state index contributed by atoms with van der Waals surface area (Å²) in [6.07, 6.45) is 3.37. The van der Waals surface area contributed by atoms with Crippen LogP contribution in [0.25, 0.3) is 11.5 Å². The summed E-state index contributed by atoms with van der Waals surface area (Å²) in [6.45, 7) is 0. The van der Waals surface area contributed by atoms with Crippen molar-refractivity contribution >= 4 is 23.1 Å². The van der Waals surface area contributed by atoms with Crippen molar-refractivity contribution in [1.82, 2.24) is 9.97 Å². The van der Waals surface area contributed by atoms with Crippen molar-refractivity contribution in [2.45, 2.75) is 10.1 Å². The van der Waals surface area contributed by atoms with E-state index in [2.05, 4.69) is 9.97 Å². The average Bonchev–Trinajstić information content (AvgIpc) is 3.08. The van der Waals surface area contributed by atoms with Gasteiger partial charge in [-0.2, -0.15) is 0 Å². The molecule has 0 unspecified atom stereocenters. The highest BCUT2D eigenvalue weighted by Gasteiger charge is 2.08. The molecule has 0 bridgehead atoms. The molecule has 0 saturated heterocycles. The molecule has 0 N–H and O–H groups in total. The Kier molecular flexibility index (Phi) is 3.61. The summed E-state index contributed by atoms with van der Waals surface area (Å²) >= 11 is 3.19. The van der Waals surface area contributed by atoms with Crippen LogP contribution < -0.4 is 0 Å². The van der Waals surface area contributed by atoms with Crippen molar-refractivity contribution in [2.24, 2.45) is 0 Å². The molecule has 2 heterocycles. The smallest absolute Gasteiger partial charge is 0.226 e. The van der Waals surface area contributed by atoms with E-state index in [1.165, 1.54) is 12.1 Å². The Morgan fingerprint density at radius 1 is 1.37 bits per heavy atom. The Labute approximate surface area is 117 Å². The summed E-state index contributed by atoms with van der Waals surface area (Å²) in [5, 5.41) is 1.93. The van der Waals surface area contributed by atoms with Gasteiger partial charge in [0.25, 0.3) is 0 Å². The lowest BCUT2D eigenvalue weighted by Crippen LogP contribution is -1.83. The zero-order valence-corrected chi connectivity index (χ0v) is 11.4. The second-order valence-corrected chi connectivity index (χ2v) is 5.86. The van der Waals surface area contributed by atoms with Gasteiger partial charge < -0.3 is 4.42 Å². The van der Waals surface area contributed by atoms with E-state index in [0.29, 0.717) is 17.2 Å². The van der Waals surface area contributed by atoms with E-state index in [0.717, 1.165) is 10.0 Å². The highest BCUT2D eigenvalue weighted by atomic mass is 32.2. The molecule has 3 rings (SSSR count). The number of hydrogen-bond acceptors (Lipinski definition) is 5. The quantitative estimate of drug-likeness (QED) is 0.675. The van der Waals surface area contributed by atoms with Crippen LogP contribution in [0.3, 0.4) is 0 Å². The van der Waals surface area contributed by atoms with Gasteiger partial charge in [-0.25, -0.2) is 14.4 Å². The fourth-order valence-corrected chi connectivity index (χ4v) is 3.06. The first-order chi connectivity index (χ1) is 9.31. The van der Waals surface area contributed by atoms with Crippen molar-refractivity contribution in [1.29, 1.82) is 0 Å². The number of hydrogen-bond donors (Lipinski definition) is 0. The number of aromatic nitrogens is 2. The highest BCUT2D eigenvalue weighted by Crippen LogP contribution is 2.26. The van der Waals surface area contributed by atoms with Gasteiger partial charge in [0.2, 0.25) is 5.89 Å². The summed E-state index contributed by atoms with van der Waals surface area (Å²) in [7, 11) is 0. The lowest BCUT2D eigenvalue weighted by Gasteiger charge is -1.94. The van der Waals surface area contributed by atoms with E-state index >= 15 is 0 Å². The largest absolute Gasteiger partial charge is 0.444 e. The van der Waals surface area contributed by atoms with Gasteiger partial charge in [0.05, 0.1) is 5.69 Å². The predicted octanol–water partition coefficient (Wildman–Crippen LogP) is 4.23. The molecule has 0 aliphatic carbocycles. The van der Waals surface area contributed by atoms with Crippen LogP contribution in [0.1, 0.15) is 5.69 Å². The molecule has 0 radical (unpaired) electrons. The van der Waals surface area contributed by atoms with E-state index in [-0.39, 0.29) is 5.82 Å². The Bertz CT molecular complexity index is 667. The third-order valence-electron chi connectivity index (χ3n) is 2.38. The fraction of sp³-hybridized carbons (Fsp3) is 0.0769. The van der Waals surface area contributed by atoms with E-state index in [1.54, 1.807) is 47.7 Å². The number of thioether (sulfide) groups is 1. The summed E-state index contributed by atoms with van der Waals surface area (Å²) in [6, 6.07) is 6.21. The van der Waals surface area contributed by atoms with Crippen LogP contribution in [0.4, 0.5) is 4.39 Å². The monoisotopic (exact) mass is 292 g/mol. The first-order valence-electron chi connectivity index (χ1n) is 5.54. The van der Waals surface area contributed by atoms with Crippen LogP contribution in [0, 0.1) is 5.82 Å². The second kappa shape index (κ2) is 5.54. The van der Waals surface area contributed by atoms with Gasteiger partial charge in [-0.3, -0.25) is 0 Å². The van der Waals surface area contributed by atoms with Crippen molar-refractivity contribution in [2.75, 3.05) is 0 Å². The van der Waals surface area contributed by atoms with Gasteiger partial charge >= 0.3 is 0 Å². The number of benzene rings is 1. The van der Waals surface area contributed by atoms with Gasteiger partial charge in [-0.1, -0.05) is 17.8 Å². The number of thiazole rings is 1. The maximum absolute atomic E-state index is 13.1. The van der Waals surface area contributed by atoms with Crippen LogP contribution >= 0.6 is 23.1 Å². The first kappa shape index (κ1) is 12.4. The zero-order valence-electron chi connectivity index (χ0n) is 9.75. The minimum Gasteiger partial charge on any atom is -0.444 e. The summed E-state index contributed by atoms with van der Waals surface area (Å²) in [4.78, 5) is 8.53. The third kappa shape index (κ3) is 3.02. The second-order valence-electron chi connectivity index (χ2n) is 3.74. The highest BCUT2D eigenvalue weighted by molar-refractivity contribution is 8.00. The summed E-state index contributed by atoms with van der Waals surface area (Å²) in [5.74, 6) is 0.829. The molecule has 0 fully saturated rings. The number of nitrogens with zero attached hydrogens (tertiary/aromatic N) is 2. The lowest BCUT2D eigenvalue weighted by atomic mass is 10.2. The maximum atomic E-state index is 13.1. The molecular weight excluding hydrogens is 283 g/mol. The molecule has 96 valence electrons. The van der Waals surface area contributed by atoms with Gasteiger partial charge in [0.15, 0.2) is 0 Å². The lowest BCUT2D eigenvalue weighted by molar-refractivity contribution is 0.571. The Morgan fingerprint density at radius 3 is 3.11 bits per heavy atom. The van der Waals surface area contributed by atoms with Crippen LogP contribution in [-0.2, 0) is 5.75 Å². The van der Waals surface area contributed by atoms with E-state index in [9.17, 15) is 4.39 Å². The molecule has 2 aromatic heterocycles. The van der Waals surface area contributed by atoms with Crippen LogP contribution in [-0.4, -0.2) is 9.97 Å². The molecule has 0 atom stereocenters. The normalized spacial score (nSPS) is 10.8. The van der Waals surface area contributed by atoms with Gasteiger partial charge in [0.1, 0.15) is 16.4 Å². The van der Waals surface area contributed by atoms with Gasteiger partial charge in [-0.15, -0.1) is 11.3 Å². The van der Waals surface area contributed by atoms with Crippen molar-refractivity contribution in [3.8, 4) is 11.5 Å². The fourth-order valence-electron chi connectivity index (χ4n) is 1.54. The number of rotatable bonds is 4. The van der Waals surface area contributed by atoms with Crippen molar-refractivity contribution in [3.05, 3.63) is 53.6 Å². The number of oxazole rings is 1. The topological polar surface area (TPSA) is 38.9 Å². The molecule has 0 spiro atoms. The molecule has 0 aliphatic rings. The Balaban J connectivity index is 1.72. The van der Waals surface area contributed by atoms with E-state index in [4.69, 9.17) is 4.42 Å². The molecule has 3 nitrogen and oxygen atoms in total. The van der Waals surface area contributed by atoms with Crippen LogP contribution in [0.15, 0.2) is 50.9 Å². The first-order valence-corrected chi connectivity index (χ1v) is 7.40. The Morgan fingerprint density at radius 2 is 2.32 bits per heavy atom. The molecule has 6 heteroatoms. The Hall–Kier alpha value is -1.66. The minimum absolute atomic E-state index is 0.297. The maximum Gasteiger partial charge on any atom is 0.226 e. The van der Waals surface area contributed by atoms with Gasteiger partial charge in [0, 0.05) is 22.9 Å². The average molecular weight is 292 g/mol. The summed E-state index contributed by atoms with van der Waals surface area (Å²) < 4.78 is 19.5. The van der Waals surface area contributed by atoms with Crippen LogP contribution in [0.5, 0.6) is 0 Å². The molecular formula is C13H9FN2OS2. The van der Waals surface area contributed by atoms with E-state index in [1.807, 2.05) is 5.38 Å². The molecule has 0 aliphatic heterocycles. The standard InChI is InChI=1S/C13H9FN2OS2/c14-10-3-1-2-9(6-10)12-16-11(7-17-12)8-19-13-15-4-5-18-13/h1-7H,8H2. The minimum atomic E-state index is -0.297. The van der Waals surface area contributed by atoms with Crippen molar-refractivity contribution < 1.29 is 8.81 Å².